The van der Waals surface area contributed by atoms with Gasteiger partial charge in [0, 0.05) is 24.8 Å². The summed E-state index contributed by atoms with van der Waals surface area (Å²) in [6, 6.07) is 23.7. The van der Waals surface area contributed by atoms with Gasteiger partial charge in [-0.05, 0) is 96.5 Å². The molecule has 0 aliphatic carbocycles. The number of rotatable bonds is 8. The van der Waals surface area contributed by atoms with Gasteiger partial charge >= 0.3 is 5.97 Å². The van der Waals surface area contributed by atoms with Gasteiger partial charge in [-0.15, -0.1) is 0 Å². The van der Waals surface area contributed by atoms with Crippen molar-refractivity contribution in [1.82, 2.24) is 4.90 Å². The maximum absolute atomic E-state index is 12.7. The predicted molar refractivity (Wildman–Crippen MR) is 156 cm³/mol. The Labute approximate surface area is 227 Å². The molecule has 39 heavy (non-hydrogen) atoms. The minimum absolute atomic E-state index is 0.169. The van der Waals surface area contributed by atoms with Crippen LogP contribution in [0, 0.1) is 0 Å². The van der Waals surface area contributed by atoms with Crippen LogP contribution in [-0.2, 0) is 12.8 Å². The summed E-state index contributed by atoms with van der Waals surface area (Å²) in [7, 11) is 4.04. The third kappa shape index (κ3) is 5.03. The number of carbonyl (C=O) groups excluding carboxylic acids is 1. The Morgan fingerprint density at radius 1 is 0.744 bits per heavy atom. The van der Waals surface area contributed by atoms with Crippen molar-refractivity contribution in [2.45, 2.75) is 25.7 Å². The fourth-order valence-corrected chi connectivity index (χ4v) is 5.33. The number of nitrogens with zero attached hydrogens (tertiary/aromatic N) is 3. The molecule has 2 aliphatic rings. The molecule has 6 nitrogen and oxygen atoms in total. The maximum Gasteiger partial charge on any atom is 0.335 e. The molecule has 0 unspecified atom stereocenters. The summed E-state index contributed by atoms with van der Waals surface area (Å²) in [4.78, 5) is 35.7. The van der Waals surface area contributed by atoms with Crippen molar-refractivity contribution < 1.29 is 14.7 Å². The summed E-state index contributed by atoms with van der Waals surface area (Å²) < 4.78 is 0. The zero-order chi connectivity index (χ0) is 27.1. The minimum atomic E-state index is -0.924. The SMILES string of the molecule is CN(C)CCCC(=O)c1ccc2c(c1)N=C(c1ccc3cc(C4=Nc5ccc(C(=O)O)cc5C4)ccc3c1)C2. The van der Waals surface area contributed by atoms with Gasteiger partial charge in [0.05, 0.1) is 28.4 Å². The fraction of sp³-hybridized carbons (Fsp3) is 0.212. The lowest BCUT2D eigenvalue weighted by Gasteiger charge is -2.08. The molecule has 0 spiro atoms. The van der Waals surface area contributed by atoms with E-state index in [1.165, 1.54) is 0 Å². The van der Waals surface area contributed by atoms with Crippen molar-refractivity contribution >= 4 is 45.3 Å². The number of aliphatic imine (C=N–C) groups is 2. The van der Waals surface area contributed by atoms with Crippen molar-refractivity contribution in [2.24, 2.45) is 9.98 Å². The van der Waals surface area contributed by atoms with Crippen LogP contribution in [0.1, 0.15) is 55.8 Å². The van der Waals surface area contributed by atoms with Crippen LogP contribution < -0.4 is 0 Å². The van der Waals surface area contributed by atoms with Gasteiger partial charge in [0.2, 0.25) is 0 Å². The number of carboxylic acid groups (broad SMARTS) is 1. The number of carboxylic acids is 1. The number of benzene rings is 4. The second-order valence-electron chi connectivity index (χ2n) is 10.6. The summed E-state index contributed by atoms with van der Waals surface area (Å²) in [5.74, 6) is -0.755. The highest BCUT2D eigenvalue weighted by atomic mass is 16.4. The van der Waals surface area contributed by atoms with Crippen LogP contribution in [0.5, 0.6) is 0 Å². The summed E-state index contributed by atoms with van der Waals surface area (Å²) >= 11 is 0. The molecule has 0 radical (unpaired) electrons. The van der Waals surface area contributed by atoms with Crippen molar-refractivity contribution in [3.05, 3.63) is 106 Å². The molecule has 0 aromatic heterocycles. The average Bonchev–Trinajstić information content (AvgIpc) is 3.55. The van der Waals surface area contributed by atoms with E-state index in [4.69, 9.17) is 9.98 Å². The number of fused-ring (bicyclic) bond motifs is 3. The standard InChI is InChI=1S/C33H29N3O3/c1-36(2)13-3-4-32(37)25-10-9-24-17-29(35-30(24)18-25)22-7-5-21-15-23(8-6-20(21)14-22)31-19-27-16-26(33(38)39)11-12-28(27)34-31/h5-12,14-16,18H,3-4,13,17,19H2,1-2H3,(H,38,39). The zero-order valence-corrected chi connectivity index (χ0v) is 22.1. The van der Waals surface area contributed by atoms with Gasteiger partial charge in [-0.2, -0.15) is 0 Å². The van der Waals surface area contributed by atoms with E-state index in [2.05, 4.69) is 41.3 Å². The van der Waals surface area contributed by atoms with Gasteiger partial charge in [0.25, 0.3) is 0 Å². The second-order valence-corrected chi connectivity index (χ2v) is 10.6. The highest BCUT2D eigenvalue weighted by Gasteiger charge is 2.20. The molecule has 194 valence electrons. The zero-order valence-electron chi connectivity index (χ0n) is 22.1. The molecule has 4 aromatic carbocycles. The van der Waals surface area contributed by atoms with Crippen LogP contribution in [0.15, 0.2) is 82.8 Å². The quantitative estimate of drug-likeness (QED) is 0.275. The van der Waals surface area contributed by atoms with Gasteiger partial charge in [0.1, 0.15) is 0 Å². The minimum Gasteiger partial charge on any atom is -0.478 e. The van der Waals surface area contributed by atoms with E-state index in [9.17, 15) is 14.7 Å². The molecule has 0 fully saturated rings. The highest BCUT2D eigenvalue weighted by Crippen LogP contribution is 2.33. The van der Waals surface area contributed by atoms with E-state index in [-0.39, 0.29) is 11.3 Å². The predicted octanol–water partition coefficient (Wildman–Crippen LogP) is 6.42. The molecule has 0 atom stereocenters. The van der Waals surface area contributed by atoms with E-state index in [0.29, 0.717) is 12.8 Å². The Bertz CT molecular complexity index is 1720. The lowest BCUT2D eigenvalue weighted by atomic mass is 9.97. The van der Waals surface area contributed by atoms with Crippen molar-refractivity contribution in [3.8, 4) is 0 Å². The Balaban J connectivity index is 1.20. The highest BCUT2D eigenvalue weighted by molar-refractivity contribution is 6.11. The largest absolute Gasteiger partial charge is 0.478 e. The van der Waals surface area contributed by atoms with Crippen LogP contribution in [0.4, 0.5) is 11.4 Å². The summed E-state index contributed by atoms with van der Waals surface area (Å²) in [5, 5.41) is 11.5. The number of aromatic carboxylic acids is 1. The molecule has 4 aromatic rings. The number of hydrogen-bond acceptors (Lipinski definition) is 5. The van der Waals surface area contributed by atoms with Crippen LogP contribution in [0.3, 0.4) is 0 Å². The lowest BCUT2D eigenvalue weighted by Crippen LogP contribution is -2.14. The van der Waals surface area contributed by atoms with E-state index < -0.39 is 5.97 Å². The lowest BCUT2D eigenvalue weighted by molar-refractivity contribution is 0.0696. The van der Waals surface area contributed by atoms with Gasteiger partial charge in [-0.1, -0.05) is 36.4 Å². The third-order valence-corrected chi connectivity index (χ3v) is 7.48. The molecule has 2 heterocycles. The number of Topliss-reactive ketones (excluding diaryl/α,β-unsaturated/α-hetero) is 1. The Morgan fingerprint density at radius 2 is 1.38 bits per heavy atom. The van der Waals surface area contributed by atoms with Gasteiger partial charge < -0.3 is 10.0 Å². The summed E-state index contributed by atoms with van der Waals surface area (Å²) in [6.45, 7) is 0.901. The molecule has 0 saturated heterocycles. The molecule has 0 amide bonds. The van der Waals surface area contributed by atoms with Crippen LogP contribution >= 0.6 is 0 Å². The normalized spacial score (nSPS) is 13.8. The molecular weight excluding hydrogens is 486 g/mol. The molecule has 6 heteroatoms. The summed E-state index contributed by atoms with van der Waals surface area (Å²) in [5.41, 5.74) is 8.92. The first-order valence-corrected chi connectivity index (χ1v) is 13.2. The Hall–Kier alpha value is -4.42. The Kier molecular flexibility index (Phi) is 6.41. The average molecular weight is 516 g/mol. The second kappa shape index (κ2) is 10.0. The first-order valence-electron chi connectivity index (χ1n) is 13.2. The molecule has 1 N–H and O–H groups in total. The number of carbonyl (C=O) groups is 2. The maximum atomic E-state index is 12.7. The molecule has 0 saturated carbocycles. The van der Waals surface area contributed by atoms with Crippen molar-refractivity contribution in [3.63, 3.8) is 0 Å². The van der Waals surface area contributed by atoms with Gasteiger partial charge in [0.15, 0.2) is 5.78 Å². The first-order chi connectivity index (χ1) is 18.8. The fourth-order valence-electron chi connectivity index (χ4n) is 5.33. The molecule has 2 aliphatic heterocycles. The first kappa shape index (κ1) is 24.9. The van der Waals surface area contributed by atoms with Crippen molar-refractivity contribution in [2.75, 3.05) is 20.6 Å². The number of hydrogen-bond donors (Lipinski definition) is 1. The summed E-state index contributed by atoms with van der Waals surface area (Å²) in [6.07, 6.45) is 2.76. The van der Waals surface area contributed by atoms with Gasteiger partial charge in [-0.3, -0.25) is 14.8 Å². The van der Waals surface area contributed by atoms with Crippen LogP contribution in [0.25, 0.3) is 10.8 Å². The third-order valence-electron chi connectivity index (χ3n) is 7.48. The molecule has 0 bridgehead atoms. The topological polar surface area (TPSA) is 82.3 Å². The monoisotopic (exact) mass is 515 g/mol. The van der Waals surface area contributed by atoms with Crippen LogP contribution in [-0.4, -0.2) is 53.8 Å². The van der Waals surface area contributed by atoms with E-state index in [1.54, 1.807) is 18.2 Å². The smallest absolute Gasteiger partial charge is 0.335 e. The van der Waals surface area contributed by atoms with Crippen LogP contribution in [0.2, 0.25) is 0 Å². The van der Waals surface area contributed by atoms with E-state index in [1.807, 2.05) is 32.3 Å². The van der Waals surface area contributed by atoms with E-state index in [0.717, 1.165) is 80.8 Å². The van der Waals surface area contributed by atoms with Crippen molar-refractivity contribution in [1.29, 1.82) is 0 Å². The molecular formula is C33H29N3O3. The molecule has 6 rings (SSSR count). The van der Waals surface area contributed by atoms with Gasteiger partial charge in [-0.25, -0.2) is 4.79 Å². The number of ketones is 1. The van der Waals surface area contributed by atoms with E-state index >= 15 is 0 Å². The Morgan fingerprint density at radius 3 is 2.05 bits per heavy atom.